The fraction of sp³-hybridized carbons (Fsp3) is 0.333. The van der Waals surface area contributed by atoms with Gasteiger partial charge >= 0.3 is 0 Å². The summed E-state index contributed by atoms with van der Waals surface area (Å²) < 4.78 is 0. The molecule has 1 heteroatoms. The van der Waals surface area contributed by atoms with E-state index in [1.165, 1.54) is 0 Å². The van der Waals surface area contributed by atoms with Crippen molar-refractivity contribution in [1.82, 2.24) is 0 Å². The van der Waals surface area contributed by atoms with Gasteiger partial charge in [0.1, 0.15) is 0 Å². The Morgan fingerprint density at radius 3 is 1.00 bits per heavy atom. The minimum atomic E-state index is 0. The molecule has 0 heterocycles. The first-order valence-corrected chi connectivity index (χ1v) is 1.97. The summed E-state index contributed by atoms with van der Waals surface area (Å²) in [5, 5.41) is 0. The SMILES string of the molecule is C=CC.C=CC.Cl. The molecule has 0 aromatic heterocycles. The van der Waals surface area contributed by atoms with Gasteiger partial charge in [-0.1, -0.05) is 12.2 Å². The third kappa shape index (κ3) is 1550. The monoisotopic (exact) mass is 120 g/mol. The molecule has 0 amide bonds. The van der Waals surface area contributed by atoms with Gasteiger partial charge in [-0.25, -0.2) is 0 Å². The highest BCUT2D eigenvalue weighted by molar-refractivity contribution is 5.85. The minimum Gasteiger partial charge on any atom is -0.147 e. The summed E-state index contributed by atoms with van der Waals surface area (Å²) in [5.41, 5.74) is 0. The van der Waals surface area contributed by atoms with E-state index >= 15 is 0 Å². The zero-order chi connectivity index (χ0) is 5.41. The molecule has 0 saturated carbocycles. The third-order valence-corrected chi connectivity index (χ3v) is 0. The van der Waals surface area contributed by atoms with Crippen LogP contribution in [0.25, 0.3) is 0 Å². The van der Waals surface area contributed by atoms with E-state index in [1.54, 1.807) is 12.2 Å². The van der Waals surface area contributed by atoms with Gasteiger partial charge in [-0.3, -0.25) is 0 Å². The molecule has 0 N–H and O–H groups in total. The van der Waals surface area contributed by atoms with Crippen molar-refractivity contribution in [2.75, 3.05) is 0 Å². The molecular weight excluding hydrogens is 108 g/mol. The Kier molecular flexibility index (Phi) is 94.9. The lowest BCUT2D eigenvalue weighted by Crippen LogP contribution is -1.07. The molecule has 0 atom stereocenters. The fourth-order valence-corrected chi connectivity index (χ4v) is 0. The van der Waals surface area contributed by atoms with Crippen LogP contribution < -0.4 is 0 Å². The lowest BCUT2D eigenvalue weighted by atomic mass is 10.8. The van der Waals surface area contributed by atoms with Crippen LogP contribution in [0.2, 0.25) is 0 Å². The van der Waals surface area contributed by atoms with Gasteiger partial charge in [0.15, 0.2) is 0 Å². The largest absolute Gasteiger partial charge is 0.147 e. The topological polar surface area (TPSA) is 0 Å². The van der Waals surface area contributed by atoms with Crippen LogP contribution in [0.5, 0.6) is 0 Å². The van der Waals surface area contributed by atoms with Crippen LogP contribution in [-0.4, -0.2) is 0 Å². The van der Waals surface area contributed by atoms with Crippen LogP contribution in [0, 0.1) is 0 Å². The van der Waals surface area contributed by atoms with E-state index in [4.69, 9.17) is 0 Å². The van der Waals surface area contributed by atoms with E-state index in [-0.39, 0.29) is 12.4 Å². The van der Waals surface area contributed by atoms with E-state index in [1.807, 2.05) is 13.8 Å². The number of hydrogen-bond acceptors (Lipinski definition) is 0. The molecule has 0 fully saturated rings. The van der Waals surface area contributed by atoms with Crippen molar-refractivity contribution >= 4 is 12.4 Å². The zero-order valence-corrected chi connectivity index (χ0v) is 5.79. The lowest BCUT2D eigenvalue weighted by Gasteiger charge is -1.31. The molecule has 44 valence electrons. The molecule has 7 heavy (non-hydrogen) atoms. The maximum absolute atomic E-state index is 3.36. The summed E-state index contributed by atoms with van der Waals surface area (Å²) in [6, 6.07) is 0. The molecule has 0 radical (unpaired) electrons. The van der Waals surface area contributed by atoms with Crippen molar-refractivity contribution in [3.05, 3.63) is 25.3 Å². The van der Waals surface area contributed by atoms with Crippen LogP contribution in [0.3, 0.4) is 0 Å². The van der Waals surface area contributed by atoms with Crippen LogP contribution in [0.4, 0.5) is 0 Å². The Hall–Kier alpha value is -0.230. The summed E-state index contributed by atoms with van der Waals surface area (Å²) in [6.45, 7) is 10.5. The van der Waals surface area contributed by atoms with Gasteiger partial charge < -0.3 is 0 Å². The molecule has 0 nitrogen and oxygen atoms in total. The first-order chi connectivity index (χ1) is 2.83. The van der Waals surface area contributed by atoms with Crippen molar-refractivity contribution in [2.24, 2.45) is 0 Å². The summed E-state index contributed by atoms with van der Waals surface area (Å²) >= 11 is 0. The van der Waals surface area contributed by atoms with Gasteiger partial charge in [-0.15, -0.1) is 25.6 Å². The Balaban J connectivity index is -0.0000000400. The number of halogens is 1. The van der Waals surface area contributed by atoms with E-state index in [0.717, 1.165) is 0 Å². The molecule has 0 aliphatic rings. The molecule has 0 bridgehead atoms. The quantitative estimate of drug-likeness (QED) is 0.432. The number of hydrogen-bond donors (Lipinski definition) is 0. The predicted molar refractivity (Wildman–Crippen MR) is 39.0 cm³/mol. The van der Waals surface area contributed by atoms with Gasteiger partial charge in [0.05, 0.1) is 0 Å². The average molecular weight is 121 g/mol. The molecule has 0 saturated heterocycles. The van der Waals surface area contributed by atoms with Crippen molar-refractivity contribution in [1.29, 1.82) is 0 Å². The molecule has 0 spiro atoms. The maximum atomic E-state index is 3.36. The van der Waals surface area contributed by atoms with Gasteiger partial charge in [0.25, 0.3) is 0 Å². The van der Waals surface area contributed by atoms with Gasteiger partial charge in [0.2, 0.25) is 0 Å². The van der Waals surface area contributed by atoms with Gasteiger partial charge in [-0.2, -0.15) is 0 Å². The summed E-state index contributed by atoms with van der Waals surface area (Å²) in [7, 11) is 0. The number of allylic oxidation sites excluding steroid dienone is 2. The molecule has 0 aliphatic heterocycles. The standard InChI is InChI=1S/2C3H6.ClH/c2*1-3-2;/h2*3H,1H2,2H3;1H. The average Bonchev–Trinajstić information content (AvgIpc) is 1.39. The molecule has 0 aromatic carbocycles. The van der Waals surface area contributed by atoms with Crippen molar-refractivity contribution in [3.63, 3.8) is 0 Å². The fourth-order valence-electron chi connectivity index (χ4n) is 0. The summed E-state index contributed by atoms with van der Waals surface area (Å²) in [5.74, 6) is 0. The normalized spacial score (nSPS) is 3.71. The van der Waals surface area contributed by atoms with Gasteiger partial charge in [-0.05, 0) is 13.8 Å². The molecule has 0 rings (SSSR count). The highest BCUT2D eigenvalue weighted by Crippen LogP contribution is 1.38. The van der Waals surface area contributed by atoms with Crippen LogP contribution in [-0.2, 0) is 0 Å². The Labute approximate surface area is 52.3 Å². The Morgan fingerprint density at radius 2 is 1.00 bits per heavy atom. The summed E-state index contributed by atoms with van der Waals surface area (Å²) in [6.07, 6.45) is 3.50. The Bertz CT molecular complexity index is 25.2. The van der Waals surface area contributed by atoms with E-state index in [2.05, 4.69) is 13.2 Å². The van der Waals surface area contributed by atoms with E-state index in [9.17, 15) is 0 Å². The van der Waals surface area contributed by atoms with Crippen LogP contribution in [0.1, 0.15) is 13.8 Å². The van der Waals surface area contributed by atoms with Crippen molar-refractivity contribution < 1.29 is 0 Å². The van der Waals surface area contributed by atoms with Crippen LogP contribution in [0.15, 0.2) is 25.3 Å². The smallest absolute Gasteiger partial charge is 0.0473 e. The minimum absolute atomic E-state index is 0. The highest BCUT2D eigenvalue weighted by atomic mass is 35.5. The highest BCUT2D eigenvalue weighted by Gasteiger charge is 1.15. The van der Waals surface area contributed by atoms with Crippen molar-refractivity contribution in [2.45, 2.75) is 13.8 Å². The first-order valence-electron chi connectivity index (χ1n) is 1.97. The molecular formula is C6H13Cl. The Morgan fingerprint density at radius 1 is 1.00 bits per heavy atom. The molecule has 0 aliphatic carbocycles. The van der Waals surface area contributed by atoms with E-state index in [0.29, 0.717) is 0 Å². The predicted octanol–water partition coefficient (Wildman–Crippen LogP) is 2.81. The second kappa shape index (κ2) is 41.9. The molecule has 0 aromatic rings. The summed E-state index contributed by atoms with van der Waals surface area (Å²) in [4.78, 5) is 0. The third-order valence-electron chi connectivity index (χ3n) is 0. The van der Waals surface area contributed by atoms with Gasteiger partial charge in [0, 0.05) is 0 Å². The van der Waals surface area contributed by atoms with Crippen molar-refractivity contribution in [3.8, 4) is 0 Å². The second-order valence-corrected chi connectivity index (χ2v) is 0.816. The lowest BCUT2D eigenvalue weighted by molar-refractivity contribution is 1.80. The first kappa shape index (κ1) is 15.9. The van der Waals surface area contributed by atoms with E-state index < -0.39 is 0 Å². The molecule has 0 unspecified atom stereocenters. The number of rotatable bonds is 0. The second-order valence-electron chi connectivity index (χ2n) is 0.816. The maximum Gasteiger partial charge on any atom is -0.0473 e. The zero-order valence-electron chi connectivity index (χ0n) is 4.98. The van der Waals surface area contributed by atoms with Crippen LogP contribution >= 0.6 is 12.4 Å².